The number of aromatic nitrogens is 1. The number of nitriles is 1. The lowest BCUT2D eigenvalue weighted by molar-refractivity contribution is -0.110. The molecule has 1 aromatic heterocycles. The van der Waals surface area contributed by atoms with Gasteiger partial charge in [0.1, 0.15) is 16.8 Å². The Morgan fingerprint density at radius 3 is 2.86 bits per heavy atom. The summed E-state index contributed by atoms with van der Waals surface area (Å²) >= 11 is 1.14. The molecule has 5 nitrogen and oxygen atoms in total. The van der Waals surface area contributed by atoms with Crippen LogP contribution < -0.4 is 0 Å². The van der Waals surface area contributed by atoms with E-state index in [-0.39, 0.29) is 11.5 Å². The predicted molar refractivity (Wildman–Crippen MR) is 88.8 cm³/mol. The van der Waals surface area contributed by atoms with E-state index in [0.29, 0.717) is 17.3 Å². The first-order valence-corrected chi connectivity index (χ1v) is 8.15. The lowest BCUT2D eigenvalue weighted by Crippen LogP contribution is -2.17. The van der Waals surface area contributed by atoms with E-state index in [2.05, 4.69) is 21.9 Å². The lowest BCUT2D eigenvalue weighted by Gasteiger charge is -2.21. The molecule has 114 valence electrons. The fourth-order valence-corrected chi connectivity index (χ4v) is 3.50. The maximum Gasteiger partial charge on any atom is 0.200 e. The molecule has 2 rings (SSSR count). The summed E-state index contributed by atoms with van der Waals surface area (Å²) in [6, 6.07) is 7.09. The van der Waals surface area contributed by atoms with Gasteiger partial charge in [-0.1, -0.05) is 25.3 Å². The molecule has 0 saturated heterocycles. The summed E-state index contributed by atoms with van der Waals surface area (Å²) in [7, 11) is 0. The van der Waals surface area contributed by atoms with E-state index in [4.69, 9.17) is 5.26 Å². The van der Waals surface area contributed by atoms with Gasteiger partial charge in [-0.15, -0.1) is 5.10 Å². The summed E-state index contributed by atoms with van der Waals surface area (Å²) in [6.45, 7) is 3.40. The quantitative estimate of drug-likeness (QED) is 0.485. The lowest BCUT2D eigenvalue weighted by atomic mass is 9.90. The molecule has 0 aliphatic heterocycles. The largest absolute Gasteiger partial charge is 0.286 e. The third-order valence-corrected chi connectivity index (χ3v) is 4.58. The van der Waals surface area contributed by atoms with Crippen LogP contribution in [0, 0.1) is 17.2 Å². The number of hydrogen-bond acceptors (Lipinski definition) is 6. The summed E-state index contributed by atoms with van der Waals surface area (Å²) in [5, 5.41) is 17.2. The zero-order valence-corrected chi connectivity index (χ0v) is 13.2. The van der Waals surface area contributed by atoms with Gasteiger partial charge in [0.05, 0.1) is 12.1 Å². The summed E-state index contributed by atoms with van der Waals surface area (Å²) in [4.78, 5) is 16.4. The minimum Gasteiger partial charge on any atom is -0.286 e. The van der Waals surface area contributed by atoms with Crippen LogP contribution in [0.1, 0.15) is 43.5 Å². The van der Waals surface area contributed by atoms with Crippen LogP contribution in [0.15, 0.2) is 28.4 Å². The number of nitrogens with zero attached hydrogens (tertiary/aromatic N) is 4. The molecule has 0 atom stereocenters. The van der Waals surface area contributed by atoms with Crippen molar-refractivity contribution in [2.75, 3.05) is 0 Å². The summed E-state index contributed by atoms with van der Waals surface area (Å²) < 4.78 is 0. The summed E-state index contributed by atoms with van der Waals surface area (Å²) in [5.41, 5.74) is 0.926. The highest BCUT2D eigenvalue weighted by molar-refractivity contribution is 8.26. The Balaban J connectivity index is 2.00. The Hall–Kier alpha value is -2.00. The van der Waals surface area contributed by atoms with Gasteiger partial charge < -0.3 is 0 Å². The van der Waals surface area contributed by atoms with Crippen molar-refractivity contribution < 1.29 is 4.79 Å². The SMILES string of the molecule is C=N/N=C(\SC(=O)Cc1cccc(C#N)n1)C1CCCCC1. The smallest absolute Gasteiger partial charge is 0.200 e. The van der Waals surface area contributed by atoms with Gasteiger partial charge in [-0.3, -0.25) is 4.79 Å². The third-order valence-electron chi connectivity index (χ3n) is 3.59. The summed E-state index contributed by atoms with van der Waals surface area (Å²) in [5.74, 6) is 0.312. The van der Waals surface area contributed by atoms with Gasteiger partial charge in [0.15, 0.2) is 0 Å². The maximum absolute atomic E-state index is 12.2. The Morgan fingerprint density at radius 2 is 2.18 bits per heavy atom. The van der Waals surface area contributed by atoms with E-state index in [0.717, 1.165) is 29.6 Å². The van der Waals surface area contributed by atoms with Crippen LogP contribution >= 0.6 is 11.8 Å². The van der Waals surface area contributed by atoms with Crippen molar-refractivity contribution in [3.8, 4) is 6.07 Å². The van der Waals surface area contributed by atoms with Crippen molar-refractivity contribution in [1.82, 2.24) is 4.98 Å². The number of carbonyl (C=O) groups is 1. The van der Waals surface area contributed by atoms with Crippen molar-refractivity contribution in [2.45, 2.75) is 38.5 Å². The first-order valence-electron chi connectivity index (χ1n) is 7.33. The van der Waals surface area contributed by atoms with Crippen molar-refractivity contribution in [3.05, 3.63) is 29.6 Å². The Labute approximate surface area is 134 Å². The normalized spacial score (nSPS) is 16.0. The van der Waals surface area contributed by atoms with Gasteiger partial charge in [-0.2, -0.15) is 10.4 Å². The van der Waals surface area contributed by atoms with Gasteiger partial charge in [-0.05, 0) is 36.7 Å². The minimum absolute atomic E-state index is 0.0319. The highest BCUT2D eigenvalue weighted by Crippen LogP contribution is 2.30. The molecule has 1 aliphatic rings. The summed E-state index contributed by atoms with van der Waals surface area (Å²) in [6.07, 6.45) is 5.87. The molecular formula is C16H18N4OS. The fourth-order valence-electron chi connectivity index (χ4n) is 2.55. The van der Waals surface area contributed by atoms with Crippen LogP contribution in [0.2, 0.25) is 0 Å². The molecule has 0 radical (unpaired) electrons. The van der Waals surface area contributed by atoms with Gasteiger partial charge in [-0.25, -0.2) is 4.98 Å². The van der Waals surface area contributed by atoms with Crippen LogP contribution in [0.3, 0.4) is 0 Å². The zero-order valence-electron chi connectivity index (χ0n) is 12.4. The van der Waals surface area contributed by atoms with E-state index in [1.165, 1.54) is 19.3 Å². The molecule has 0 N–H and O–H groups in total. The number of thioether (sulfide) groups is 1. The molecule has 0 bridgehead atoms. The number of carbonyl (C=O) groups excluding carboxylic acids is 1. The van der Waals surface area contributed by atoms with E-state index < -0.39 is 0 Å². The molecule has 0 unspecified atom stereocenters. The first-order chi connectivity index (χ1) is 10.7. The maximum atomic E-state index is 12.2. The van der Waals surface area contributed by atoms with Crippen molar-refractivity contribution in [2.24, 2.45) is 16.1 Å². The van der Waals surface area contributed by atoms with Gasteiger partial charge in [0, 0.05) is 12.6 Å². The Bertz CT molecular complexity index is 615. The molecule has 1 aromatic rings. The second kappa shape index (κ2) is 8.44. The molecular weight excluding hydrogens is 296 g/mol. The Kier molecular flexibility index (Phi) is 6.28. The molecule has 1 fully saturated rings. The van der Waals surface area contributed by atoms with E-state index in [1.807, 2.05) is 6.07 Å². The van der Waals surface area contributed by atoms with E-state index >= 15 is 0 Å². The monoisotopic (exact) mass is 314 g/mol. The number of pyridine rings is 1. The molecule has 1 aliphatic carbocycles. The second-order valence-electron chi connectivity index (χ2n) is 5.19. The average molecular weight is 314 g/mol. The minimum atomic E-state index is -0.0319. The van der Waals surface area contributed by atoms with Crippen LogP contribution in [0.25, 0.3) is 0 Å². The molecule has 0 spiro atoms. The van der Waals surface area contributed by atoms with Crippen molar-refractivity contribution in [3.63, 3.8) is 0 Å². The van der Waals surface area contributed by atoms with Crippen LogP contribution in [-0.4, -0.2) is 21.9 Å². The first kappa shape index (κ1) is 16.4. The van der Waals surface area contributed by atoms with Crippen molar-refractivity contribution >= 4 is 28.6 Å². The van der Waals surface area contributed by atoms with Gasteiger partial charge >= 0.3 is 0 Å². The zero-order chi connectivity index (χ0) is 15.8. The molecule has 1 saturated carbocycles. The molecule has 0 amide bonds. The van der Waals surface area contributed by atoms with Gasteiger partial charge in [0.25, 0.3) is 0 Å². The molecule has 22 heavy (non-hydrogen) atoms. The molecule has 6 heteroatoms. The van der Waals surface area contributed by atoms with Crippen LogP contribution in [-0.2, 0) is 11.2 Å². The second-order valence-corrected chi connectivity index (χ2v) is 6.27. The highest BCUT2D eigenvalue weighted by atomic mass is 32.2. The van der Waals surface area contributed by atoms with E-state index in [1.54, 1.807) is 18.2 Å². The Morgan fingerprint density at radius 1 is 1.41 bits per heavy atom. The standard InChI is InChI=1S/C16H18N4OS/c1-18-20-16(12-6-3-2-4-7-12)22-15(21)10-13-8-5-9-14(11-17)19-13/h5,8-9,12H,1-4,6-7,10H2/b20-16-. The molecule has 0 aromatic carbocycles. The number of hydrogen-bond donors (Lipinski definition) is 0. The van der Waals surface area contributed by atoms with Crippen LogP contribution in [0.4, 0.5) is 0 Å². The fraction of sp³-hybridized carbons (Fsp3) is 0.438. The third kappa shape index (κ3) is 4.78. The molecule has 1 heterocycles. The average Bonchev–Trinajstić information content (AvgIpc) is 2.55. The van der Waals surface area contributed by atoms with Crippen molar-refractivity contribution in [1.29, 1.82) is 5.26 Å². The topological polar surface area (TPSA) is 78.5 Å². The van der Waals surface area contributed by atoms with Crippen LogP contribution in [0.5, 0.6) is 0 Å². The highest BCUT2D eigenvalue weighted by Gasteiger charge is 2.22. The van der Waals surface area contributed by atoms with Gasteiger partial charge in [0.2, 0.25) is 5.12 Å². The number of rotatable bonds is 4. The van der Waals surface area contributed by atoms with E-state index in [9.17, 15) is 4.79 Å². The predicted octanol–water partition coefficient (Wildman–Crippen LogP) is 3.35.